The molecule has 280 valence electrons. The van der Waals surface area contributed by atoms with Crippen LogP contribution in [0.5, 0.6) is 0 Å². The van der Waals surface area contributed by atoms with Crippen molar-refractivity contribution < 1.29 is 28.8 Å². The number of ether oxygens (including phenoxy) is 5. The fourth-order valence-corrected chi connectivity index (χ4v) is 6.76. The molecule has 0 aliphatic carbocycles. The smallest absolute Gasteiger partial charge is 0.143 e. The normalized spacial score (nSPS) is 13.7. The van der Waals surface area contributed by atoms with Gasteiger partial charge in [0.1, 0.15) is 36.6 Å². The molecule has 55 heavy (non-hydrogen) atoms. The van der Waals surface area contributed by atoms with Crippen molar-refractivity contribution in [2.45, 2.75) is 49.8 Å². The second kappa shape index (κ2) is 20.9. The van der Waals surface area contributed by atoms with Crippen LogP contribution in [0, 0.1) is 12.3 Å². The van der Waals surface area contributed by atoms with Crippen LogP contribution in [0.4, 0.5) is 0 Å². The van der Waals surface area contributed by atoms with Crippen molar-refractivity contribution in [2.24, 2.45) is 0 Å². The molecule has 6 aromatic carbocycles. The van der Waals surface area contributed by atoms with E-state index in [1.165, 1.54) is 0 Å². The summed E-state index contributed by atoms with van der Waals surface area (Å²) < 4.78 is 33.9. The largest absolute Gasteiger partial charge is 0.394 e. The van der Waals surface area contributed by atoms with E-state index >= 15 is 0 Å². The van der Waals surface area contributed by atoms with Crippen LogP contribution < -0.4 is 0 Å². The first-order valence-corrected chi connectivity index (χ1v) is 18.6. The molecule has 6 aromatic rings. The Kier molecular flexibility index (Phi) is 15.0. The van der Waals surface area contributed by atoms with Gasteiger partial charge in [0.05, 0.1) is 33.0 Å². The van der Waals surface area contributed by atoms with Gasteiger partial charge in [-0.3, -0.25) is 0 Å². The van der Waals surface area contributed by atoms with Gasteiger partial charge in [0.15, 0.2) is 0 Å². The first kappa shape index (κ1) is 39.3. The van der Waals surface area contributed by atoms with Gasteiger partial charge >= 0.3 is 0 Å². The van der Waals surface area contributed by atoms with E-state index in [0.29, 0.717) is 0 Å². The van der Waals surface area contributed by atoms with Gasteiger partial charge in [-0.1, -0.05) is 188 Å². The summed E-state index contributed by atoms with van der Waals surface area (Å²) in [5.74, 6) is 2.65. The molecule has 0 aliphatic rings. The fourth-order valence-electron chi connectivity index (χ4n) is 6.76. The molecule has 6 rings (SSSR count). The highest BCUT2D eigenvalue weighted by Crippen LogP contribution is 2.41. The quantitative estimate of drug-likeness (QED) is 0.0590. The average Bonchev–Trinajstić information content (AvgIpc) is 3.26. The van der Waals surface area contributed by atoms with Gasteiger partial charge in [-0.2, -0.15) is 0 Å². The number of aliphatic hydroxyl groups excluding tert-OH is 1. The molecule has 0 aliphatic heterocycles. The summed E-state index contributed by atoms with van der Waals surface area (Å²) in [7, 11) is 0. The second-order valence-corrected chi connectivity index (χ2v) is 13.2. The van der Waals surface area contributed by atoms with Crippen LogP contribution in [0.2, 0.25) is 0 Å². The Morgan fingerprint density at radius 2 is 0.800 bits per heavy atom. The highest BCUT2D eigenvalue weighted by atomic mass is 16.6. The molecule has 0 spiro atoms. The summed E-state index contributed by atoms with van der Waals surface area (Å²) in [4.78, 5) is 0. The third kappa shape index (κ3) is 10.7. The van der Waals surface area contributed by atoms with Crippen LogP contribution in [0.1, 0.15) is 33.4 Å². The third-order valence-corrected chi connectivity index (χ3v) is 9.50. The van der Waals surface area contributed by atoms with Crippen molar-refractivity contribution >= 4 is 0 Å². The molecular weight excluding hydrogens is 685 g/mol. The summed E-state index contributed by atoms with van der Waals surface area (Å²) in [5.41, 5.74) is 4.69. The number of benzene rings is 6. The summed E-state index contributed by atoms with van der Waals surface area (Å²) in [5, 5.41) is 11.0. The molecule has 0 heterocycles. The van der Waals surface area contributed by atoms with Crippen LogP contribution in [0.25, 0.3) is 0 Å². The molecule has 0 saturated heterocycles. The topological polar surface area (TPSA) is 66.4 Å². The van der Waals surface area contributed by atoms with E-state index < -0.39 is 30.0 Å². The molecule has 0 saturated carbocycles. The van der Waals surface area contributed by atoms with Crippen molar-refractivity contribution in [3.05, 3.63) is 215 Å². The number of rotatable bonds is 21. The molecule has 0 fully saturated rings. The maximum absolute atomic E-state index is 11.0. The van der Waals surface area contributed by atoms with Crippen molar-refractivity contribution in [3.63, 3.8) is 0 Å². The van der Waals surface area contributed by atoms with Crippen molar-refractivity contribution in [1.29, 1.82) is 0 Å². The van der Waals surface area contributed by atoms with E-state index in [2.05, 4.69) is 42.3 Å². The molecule has 0 bridgehead atoms. The molecule has 0 radical (unpaired) electrons. The predicted octanol–water partition coefficient (Wildman–Crippen LogP) is 8.76. The Bertz CT molecular complexity index is 1870. The van der Waals surface area contributed by atoms with Gasteiger partial charge in [0, 0.05) is 0 Å². The molecular formula is C49H48O6. The molecule has 4 atom stereocenters. The molecule has 1 N–H and O–H groups in total. The Morgan fingerprint density at radius 1 is 0.455 bits per heavy atom. The van der Waals surface area contributed by atoms with Gasteiger partial charge in [-0.05, 0) is 33.4 Å². The predicted molar refractivity (Wildman–Crippen MR) is 216 cm³/mol. The van der Waals surface area contributed by atoms with E-state index in [9.17, 15) is 5.11 Å². The van der Waals surface area contributed by atoms with Gasteiger partial charge in [-0.15, -0.1) is 6.42 Å². The SMILES string of the molecule is C#CCO[C@H](COC(c1ccccc1)(c1ccccc1)c1ccccc1)[C@@H](OCc1ccccc1)[C@H](OCc1ccccc1)[C@H](CO)OCc1ccccc1. The van der Waals surface area contributed by atoms with E-state index in [-0.39, 0.29) is 39.6 Å². The first-order valence-electron chi connectivity index (χ1n) is 18.6. The minimum absolute atomic E-state index is 0.00565. The second-order valence-electron chi connectivity index (χ2n) is 13.2. The van der Waals surface area contributed by atoms with E-state index in [1.54, 1.807) is 0 Å². The van der Waals surface area contributed by atoms with Gasteiger partial charge in [0.25, 0.3) is 0 Å². The summed E-state index contributed by atoms with van der Waals surface area (Å²) in [6, 6.07) is 60.2. The van der Waals surface area contributed by atoms with Crippen LogP contribution in [-0.4, -0.2) is 49.3 Å². The third-order valence-electron chi connectivity index (χ3n) is 9.50. The van der Waals surface area contributed by atoms with Crippen molar-refractivity contribution in [1.82, 2.24) is 0 Å². The lowest BCUT2D eigenvalue weighted by atomic mass is 9.80. The Labute approximate surface area is 325 Å². The lowest BCUT2D eigenvalue weighted by Gasteiger charge is -2.40. The van der Waals surface area contributed by atoms with Crippen molar-refractivity contribution in [3.8, 4) is 12.3 Å². The summed E-state index contributed by atoms with van der Waals surface area (Å²) in [6.07, 6.45) is 2.65. The highest BCUT2D eigenvalue weighted by Gasteiger charge is 2.42. The van der Waals surface area contributed by atoms with E-state index in [4.69, 9.17) is 30.1 Å². The molecule has 6 heteroatoms. The standard InChI is InChI=1S/C49H48O6/c1-2-33-51-46(38-55-49(42-27-15-6-16-28-42,43-29-17-7-18-30-43)44-31-19-8-20-32-44)48(54-37-41-25-13-5-14-26-41)47(53-36-40-23-11-4-12-24-40)45(34-50)52-35-39-21-9-3-10-22-39/h1,3-32,45-48,50H,33-38H2/t45-,46+,47+,48+/m0/s1. The van der Waals surface area contributed by atoms with Crippen LogP contribution in [0.3, 0.4) is 0 Å². The van der Waals surface area contributed by atoms with Gasteiger partial charge in [0.2, 0.25) is 0 Å². The summed E-state index contributed by atoms with van der Waals surface area (Å²) in [6.45, 7) is 0.448. The van der Waals surface area contributed by atoms with Crippen molar-refractivity contribution in [2.75, 3.05) is 19.8 Å². The highest BCUT2D eigenvalue weighted by molar-refractivity contribution is 5.47. The van der Waals surface area contributed by atoms with E-state index in [0.717, 1.165) is 33.4 Å². The number of hydrogen-bond donors (Lipinski definition) is 1. The monoisotopic (exact) mass is 732 g/mol. The van der Waals surface area contributed by atoms with Gasteiger partial charge < -0.3 is 28.8 Å². The van der Waals surface area contributed by atoms with Crippen LogP contribution in [0.15, 0.2) is 182 Å². The summed E-state index contributed by atoms with van der Waals surface area (Å²) >= 11 is 0. The van der Waals surface area contributed by atoms with Gasteiger partial charge in [-0.25, -0.2) is 0 Å². The lowest BCUT2D eigenvalue weighted by molar-refractivity contribution is -0.205. The van der Waals surface area contributed by atoms with Crippen LogP contribution >= 0.6 is 0 Å². The lowest BCUT2D eigenvalue weighted by Crippen LogP contribution is -2.53. The first-order chi connectivity index (χ1) is 27.2. The fraction of sp³-hybridized carbons (Fsp3) is 0.224. The number of terminal acetylenes is 1. The Hall–Kier alpha value is -5.36. The zero-order chi connectivity index (χ0) is 38.0. The minimum Gasteiger partial charge on any atom is -0.394 e. The minimum atomic E-state index is -1.04. The molecule has 0 aromatic heterocycles. The molecule has 0 amide bonds. The molecule has 0 unspecified atom stereocenters. The Balaban J connectivity index is 1.42. The van der Waals surface area contributed by atoms with Crippen LogP contribution in [-0.2, 0) is 49.1 Å². The Morgan fingerprint density at radius 3 is 1.16 bits per heavy atom. The zero-order valence-electron chi connectivity index (χ0n) is 30.9. The maximum Gasteiger partial charge on any atom is 0.143 e. The average molecular weight is 733 g/mol. The maximum atomic E-state index is 11.0. The number of aliphatic hydroxyl groups is 1. The zero-order valence-corrected chi connectivity index (χ0v) is 30.9. The van der Waals surface area contributed by atoms with E-state index in [1.807, 2.05) is 146 Å². The number of hydrogen-bond acceptors (Lipinski definition) is 6. The molecule has 6 nitrogen and oxygen atoms in total.